The zero-order valence-corrected chi connectivity index (χ0v) is 10.4. The lowest BCUT2D eigenvalue weighted by atomic mass is 10.1. The van der Waals surface area contributed by atoms with Gasteiger partial charge < -0.3 is 9.84 Å². The molecule has 0 spiro atoms. The molecule has 1 aromatic carbocycles. The number of benzene rings is 1. The Kier molecular flexibility index (Phi) is 3.29. The van der Waals surface area contributed by atoms with Crippen molar-refractivity contribution in [2.24, 2.45) is 7.05 Å². The summed E-state index contributed by atoms with van der Waals surface area (Å²) in [6, 6.07) is 2.59. The van der Waals surface area contributed by atoms with Crippen molar-refractivity contribution in [1.29, 1.82) is 0 Å². The van der Waals surface area contributed by atoms with Gasteiger partial charge in [0.25, 0.3) is 0 Å². The summed E-state index contributed by atoms with van der Waals surface area (Å²) < 4.78 is 20.3. The molecule has 18 heavy (non-hydrogen) atoms. The number of hydrogen-bond acceptors (Lipinski definition) is 4. The molecule has 2 aromatic rings. The van der Waals surface area contributed by atoms with E-state index in [-0.39, 0.29) is 17.1 Å². The normalized spacial score (nSPS) is 10.9. The molecule has 0 saturated carbocycles. The van der Waals surface area contributed by atoms with Crippen LogP contribution in [0.4, 0.5) is 4.39 Å². The first-order chi connectivity index (χ1) is 8.52. The second-order valence-corrected chi connectivity index (χ2v) is 4.03. The molecule has 0 aliphatic carbocycles. The molecule has 0 radical (unpaired) electrons. The lowest BCUT2D eigenvalue weighted by Gasteiger charge is -2.02. The Morgan fingerprint density at radius 3 is 2.83 bits per heavy atom. The zero-order valence-electron chi connectivity index (χ0n) is 10.4. The Morgan fingerprint density at radius 2 is 2.17 bits per heavy atom. The Morgan fingerprint density at radius 1 is 1.44 bits per heavy atom. The highest BCUT2D eigenvalue weighted by molar-refractivity contribution is 5.59. The second-order valence-electron chi connectivity index (χ2n) is 4.03. The number of ether oxygens (including phenoxy) is 1. The van der Waals surface area contributed by atoms with Crippen molar-refractivity contribution in [1.82, 2.24) is 14.8 Å². The maximum absolute atomic E-state index is 13.8. The van der Waals surface area contributed by atoms with E-state index in [9.17, 15) is 9.50 Å². The van der Waals surface area contributed by atoms with Crippen LogP contribution < -0.4 is 0 Å². The lowest BCUT2D eigenvalue weighted by molar-refractivity contribution is 0.174. The molecule has 0 fully saturated rings. The van der Waals surface area contributed by atoms with Crippen molar-refractivity contribution in [3.8, 4) is 17.1 Å². The second kappa shape index (κ2) is 4.73. The average molecular weight is 251 g/mol. The van der Waals surface area contributed by atoms with E-state index in [4.69, 9.17) is 4.74 Å². The summed E-state index contributed by atoms with van der Waals surface area (Å²) >= 11 is 0. The summed E-state index contributed by atoms with van der Waals surface area (Å²) in [6.07, 6.45) is 0. The zero-order chi connectivity index (χ0) is 13.3. The Bertz CT molecular complexity index is 581. The number of phenolic OH excluding ortho intramolecular Hbond substituents is 1. The van der Waals surface area contributed by atoms with Gasteiger partial charge in [-0.3, -0.25) is 4.68 Å². The fraction of sp³-hybridized carbons (Fsp3) is 0.333. The highest BCUT2D eigenvalue weighted by atomic mass is 19.1. The van der Waals surface area contributed by atoms with E-state index < -0.39 is 5.82 Å². The summed E-state index contributed by atoms with van der Waals surface area (Å²) in [5.74, 6) is 0.264. The minimum atomic E-state index is -0.548. The number of aromatic hydroxyl groups is 1. The van der Waals surface area contributed by atoms with Gasteiger partial charge in [-0.15, -0.1) is 0 Å². The first-order valence-electron chi connectivity index (χ1n) is 5.41. The van der Waals surface area contributed by atoms with Crippen LogP contribution in [0.3, 0.4) is 0 Å². The lowest BCUT2D eigenvalue weighted by Crippen LogP contribution is -2.00. The minimum Gasteiger partial charge on any atom is -0.508 e. The van der Waals surface area contributed by atoms with Crippen LogP contribution in [0.15, 0.2) is 12.1 Å². The van der Waals surface area contributed by atoms with Crippen LogP contribution in [0, 0.1) is 12.7 Å². The molecular formula is C12H14FN3O2. The number of phenols is 1. The Balaban J connectivity index is 2.48. The summed E-state index contributed by atoms with van der Waals surface area (Å²) in [5, 5.41) is 13.5. The number of methoxy groups -OCH3 is 1. The standard InChI is InChI=1S/C12H14FN3O2/c1-7-4-8(9(13)5-10(7)17)12-14-11(6-18-3)16(2)15-12/h4-5,17H,6H2,1-3H3. The van der Waals surface area contributed by atoms with Crippen molar-refractivity contribution < 1.29 is 14.2 Å². The average Bonchev–Trinajstić information content (AvgIpc) is 2.66. The van der Waals surface area contributed by atoms with E-state index >= 15 is 0 Å². The van der Waals surface area contributed by atoms with E-state index in [1.165, 1.54) is 6.07 Å². The molecule has 0 saturated heterocycles. The molecular weight excluding hydrogens is 237 g/mol. The van der Waals surface area contributed by atoms with E-state index in [2.05, 4.69) is 10.1 Å². The Hall–Kier alpha value is -1.95. The highest BCUT2D eigenvalue weighted by Crippen LogP contribution is 2.26. The monoisotopic (exact) mass is 251 g/mol. The third-order valence-electron chi connectivity index (χ3n) is 2.65. The van der Waals surface area contributed by atoms with Crippen LogP contribution in [0.1, 0.15) is 11.4 Å². The van der Waals surface area contributed by atoms with Crippen molar-refractivity contribution in [2.45, 2.75) is 13.5 Å². The largest absolute Gasteiger partial charge is 0.508 e. The fourth-order valence-corrected chi connectivity index (χ4v) is 1.63. The summed E-state index contributed by atoms with van der Waals surface area (Å²) in [7, 11) is 3.27. The van der Waals surface area contributed by atoms with Crippen LogP contribution in [0.2, 0.25) is 0 Å². The SMILES string of the molecule is COCc1nc(-c2cc(C)c(O)cc2F)nn1C. The van der Waals surface area contributed by atoms with Crippen LogP contribution in [-0.2, 0) is 18.4 Å². The van der Waals surface area contributed by atoms with Crippen molar-refractivity contribution in [3.05, 3.63) is 29.3 Å². The number of aryl methyl sites for hydroxylation is 2. The van der Waals surface area contributed by atoms with E-state index in [0.29, 0.717) is 18.0 Å². The maximum Gasteiger partial charge on any atom is 0.184 e. The number of hydrogen-bond donors (Lipinski definition) is 1. The van der Waals surface area contributed by atoms with Crippen LogP contribution in [0.25, 0.3) is 11.4 Å². The van der Waals surface area contributed by atoms with E-state index in [1.54, 1.807) is 25.8 Å². The molecule has 0 amide bonds. The number of halogens is 1. The summed E-state index contributed by atoms with van der Waals surface area (Å²) in [5.41, 5.74) is 0.843. The minimum absolute atomic E-state index is 0.0794. The third kappa shape index (κ3) is 2.19. The first kappa shape index (κ1) is 12.5. The van der Waals surface area contributed by atoms with Gasteiger partial charge in [0.15, 0.2) is 11.6 Å². The smallest absolute Gasteiger partial charge is 0.184 e. The molecule has 2 rings (SSSR count). The third-order valence-corrected chi connectivity index (χ3v) is 2.65. The van der Waals surface area contributed by atoms with Gasteiger partial charge in [-0.2, -0.15) is 5.10 Å². The molecule has 1 N–H and O–H groups in total. The molecule has 0 atom stereocenters. The molecule has 96 valence electrons. The van der Waals surface area contributed by atoms with Crippen LogP contribution >= 0.6 is 0 Å². The van der Waals surface area contributed by atoms with Crippen LogP contribution in [0.5, 0.6) is 5.75 Å². The van der Waals surface area contributed by atoms with Gasteiger partial charge in [0.2, 0.25) is 0 Å². The van der Waals surface area contributed by atoms with Crippen LogP contribution in [-0.4, -0.2) is 27.0 Å². The van der Waals surface area contributed by atoms with Crippen molar-refractivity contribution in [2.75, 3.05) is 7.11 Å². The molecule has 0 unspecified atom stereocenters. The molecule has 0 aliphatic heterocycles. The highest BCUT2D eigenvalue weighted by Gasteiger charge is 2.15. The molecule has 6 heteroatoms. The number of aromatic nitrogens is 3. The maximum atomic E-state index is 13.8. The number of nitrogens with zero attached hydrogens (tertiary/aromatic N) is 3. The molecule has 1 aromatic heterocycles. The predicted octanol–water partition coefficient (Wildman–Crippen LogP) is 1.78. The summed E-state index contributed by atoms with van der Waals surface area (Å²) in [6.45, 7) is 2.00. The topological polar surface area (TPSA) is 60.2 Å². The van der Waals surface area contributed by atoms with Crippen molar-refractivity contribution >= 4 is 0 Å². The number of rotatable bonds is 3. The quantitative estimate of drug-likeness (QED) is 0.903. The van der Waals surface area contributed by atoms with Gasteiger partial charge >= 0.3 is 0 Å². The molecule has 5 nitrogen and oxygen atoms in total. The van der Waals surface area contributed by atoms with Gasteiger partial charge in [0, 0.05) is 20.2 Å². The first-order valence-corrected chi connectivity index (χ1v) is 5.41. The molecule has 1 heterocycles. The van der Waals surface area contributed by atoms with Crippen molar-refractivity contribution in [3.63, 3.8) is 0 Å². The van der Waals surface area contributed by atoms with Gasteiger partial charge in [0.1, 0.15) is 18.2 Å². The van der Waals surface area contributed by atoms with E-state index in [0.717, 1.165) is 6.07 Å². The van der Waals surface area contributed by atoms with E-state index in [1.807, 2.05) is 0 Å². The Labute approximate surface area is 104 Å². The molecule has 0 bridgehead atoms. The fourth-order valence-electron chi connectivity index (χ4n) is 1.63. The predicted molar refractivity (Wildman–Crippen MR) is 63.5 cm³/mol. The molecule has 0 aliphatic rings. The van der Waals surface area contributed by atoms with Gasteiger partial charge in [-0.05, 0) is 18.6 Å². The van der Waals surface area contributed by atoms with Gasteiger partial charge in [0.05, 0.1) is 5.56 Å². The summed E-state index contributed by atoms with van der Waals surface area (Å²) in [4.78, 5) is 4.21. The van der Waals surface area contributed by atoms with Gasteiger partial charge in [-0.1, -0.05) is 0 Å². The van der Waals surface area contributed by atoms with Gasteiger partial charge in [-0.25, -0.2) is 9.37 Å².